The summed E-state index contributed by atoms with van der Waals surface area (Å²) in [5, 5.41) is 10.6. The van der Waals surface area contributed by atoms with E-state index in [1.807, 2.05) is 4.57 Å². The van der Waals surface area contributed by atoms with Crippen LogP contribution < -0.4 is 5.73 Å². The number of imidazole rings is 1. The molecule has 0 saturated heterocycles. The van der Waals surface area contributed by atoms with Crippen molar-refractivity contribution in [2.24, 2.45) is 5.73 Å². The van der Waals surface area contributed by atoms with Crippen molar-refractivity contribution in [2.45, 2.75) is 44.2 Å². The average molecular weight is 394 g/mol. The van der Waals surface area contributed by atoms with Gasteiger partial charge in [0.15, 0.2) is 5.69 Å². The fraction of sp³-hybridized carbons (Fsp3) is 0.412. The van der Waals surface area contributed by atoms with E-state index >= 15 is 0 Å². The molecule has 0 atom stereocenters. The van der Waals surface area contributed by atoms with Crippen molar-refractivity contribution in [3.05, 3.63) is 39.4 Å². The molecule has 0 spiro atoms. The Hall–Kier alpha value is -1.73. The molecule has 2 aliphatic heterocycles. The first kappa shape index (κ1) is 15.8. The molecule has 1 aliphatic carbocycles. The van der Waals surface area contributed by atoms with Gasteiger partial charge in [-0.1, -0.05) is 0 Å². The minimum absolute atomic E-state index is 0.0780. The minimum atomic E-state index is -1.26. The molecule has 3 aliphatic rings. The van der Waals surface area contributed by atoms with Crippen LogP contribution in [0, 0.1) is 5.82 Å². The first-order valence-electron chi connectivity index (χ1n) is 7.82. The Morgan fingerprint density at radius 3 is 2.71 bits per heavy atom. The van der Waals surface area contributed by atoms with Crippen LogP contribution in [0.15, 0.2) is 16.6 Å². The molecular formula is C17H17BrFN3O2. The van der Waals surface area contributed by atoms with Gasteiger partial charge in [0, 0.05) is 11.6 Å². The molecule has 5 nitrogen and oxygen atoms in total. The molecule has 1 saturated carbocycles. The van der Waals surface area contributed by atoms with Crippen molar-refractivity contribution >= 4 is 21.8 Å². The number of carbonyl (C=O) groups excluding carboxylic acids is 1. The fourth-order valence-corrected chi connectivity index (χ4v) is 4.22. The summed E-state index contributed by atoms with van der Waals surface area (Å²) in [6, 6.07) is 3.36. The molecular weight excluding hydrogens is 377 g/mol. The van der Waals surface area contributed by atoms with Crippen LogP contribution in [0.3, 0.4) is 0 Å². The molecule has 3 N–H and O–H groups in total. The Morgan fingerprint density at radius 1 is 1.46 bits per heavy atom. The number of benzene rings is 1. The summed E-state index contributed by atoms with van der Waals surface area (Å²) in [6.07, 6.45) is 1.66. The van der Waals surface area contributed by atoms with Gasteiger partial charge in [0.25, 0.3) is 5.91 Å². The highest BCUT2D eigenvalue weighted by Crippen LogP contribution is 2.54. The van der Waals surface area contributed by atoms with Crippen molar-refractivity contribution < 1.29 is 14.3 Å². The molecule has 126 valence electrons. The van der Waals surface area contributed by atoms with Crippen LogP contribution in [0.2, 0.25) is 0 Å². The highest BCUT2D eigenvalue weighted by atomic mass is 79.9. The number of carbonyl (C=O) groups is 1. The van der Waals surface area contributed by atoms with Crippen LogP contribution in [0.1, 0.15) is 60.4 Å². The van der Waals surface area contributed by atoms with Gasteiger partial charge in [0.2, 0.25) is 0 Å². The summed E-state index contributed by atoms with van der Waals surface area (Å²) in [6.45, 7) is 3.23. The number of aliphatic hydroxyl groups is 1. The first-order valence-corrected chi connectivity index (χ1v) is 8.62. The lowest BCUT2D eigenvalue weighted by atomic mass is 9.75. The van der Waals surface area contributed by atoms with Crippen LogP contribution in [-0.2, 0) is 5.60 Å². The Kier molecular flexibility index (Phi) is 3.22. The summed E-state index contributed by atoms with van der Waals surface area (Å²) < 4.78 is 16.3. The quantitative estimate of drug-likeness (QED) is 0.821. The Labute approximate surface area is 146 Å². The van der Waals surface area contributed by atoms with Crippen LogP contribution in [0.4, 0.5) is 4.39 Å². The average Bonchev–Trinajstić information content (AvgIpc) is 2.72. The number of aromatic nitrogens is 2. The number of nitrogens with zero attached hydrogens (tertiary/aromatic N) is 2. The van der Waals surface area contributed by atoms with Gasteiger partial charge in [-0.15, -0.1) is 0 Å². The Morgan fingerprint density at radius 2 is 2.12 bits per heavy atom. The largest absolute Gasteiger partial charge is 0.384 e. The highest BCUT2D eigenvalue weighted by molar-refractivity contribution is 9.10. The number of rotatable bonds is 2. The second-order valence-corrected chi connectivity index (χ2v) is 7.96. The molecule has 1 fully saturated rings. The second kappa shape index (κ2) is 4.89. The van der Waals surface area contributed by atoms with E-state index < -0.39 is 11.5 Å². The van der Waals surface area contributed by atoms with Gasteiger partial charge in [0.1, 0.15) is 17.2 Å². The van der Waals surface area contributed by atoms with E-state index in [-0.39, 0.29) is 23.5 Å². The van der Waals surface area contributed by atoms with Gasteiger partial charge in [-0.2, -0.15) is 0 Å². The van der Waals surface area contributed by atoms with Gasteiger partial charge in [-0.3, -0.25) is 4.79 Å². The van der Waals surface area contributed by atoms with Crippen molar-refractivity contribution in [1.29, 1.82) is 0 Å². The molecule has 1 amide bonds. The molecule has 7 heteroatoms. The molecule has 2 bridgehead atoms. The standard InChI is InChI=1S/C17H17BrFN3O2/c1-17(2,24)14-13(15(20)23)21-16-10-5-11(18)12(19)6-9(10)7-3-8(4-7)22(14)16/h5-8,24H,3-4H2,1-2H3,(H2,20,23). The SMILES string of the molecule is CC(C)(O)c1c(C(N)=O)nc2n1C1CC(C1)c1cc(F)c(Br)cc1-2. The smallest absolute Gasteiger partial charge is 0.269 e. The molecule has 0 radical (unpaired) electrons. The van der Waals surface area contributed by atoms with Crippen molar-refractivity contribution in [3.8, 4) is 11.4 Å². The topological polar surface area (TPSA) is 81.1 Å². The van der Waals surface area contributed by atoms with Crippen LogP contribution >= 0.6 is 15.9 Å². The number of nitrogens with two attached hydrogens (primary N) is 1. The lowest BCUT2D eigenvalue weighted by molar-refractivity contribution is 0.0625. The predicted octanol–water partition coefficient (Wildman–Crippen LogP) is 3.21. The zero-order chi connectivity index (χ0) is 17.4. The maximum absolute atomic E-state index is 14.0. The van der Waals surface area contributed by atoms with E-state index in [9.17, 15) is 14.3 Å². The summed E-state index contributed by atoms with van der Waals surface area (Å²) in [7, 11) is 0. The lowest BCUT2D eigenvalue weighted by Gasteiger charge is -2.37. The number of amides is 1. The number of primary amides is 1. The molecule has 24 heavy (non-hydrogen) atoms. The van der Waals surface area contributed by atoms with E-state index in [2.05, 4.69) is 20.9 Å². The zero-order valence-electron chi connectivity index (χ0n) is 13.3. The van der Waals surface area contributed by atoms with Crippen molar-refractivity contribution in [2.75, 3.05) is 0 Å². The lowest BCUT2D eigenvalue weighted by Crippen LogP contribution is -2.31. The molecule has 1 aromatic carbocycles. The van der Waals surface area contributed by atoms with E-state index in [1.54, 1.807) is 26.0 Å². The van der Waals surface area contributed by atoms with E-state index in [1.165, 1.54) is 0 Å². The molecule has 2 aromatic rings. The molecule has 5 rings (SSSR count). The second-order valence-electron chi connectivity index (χ2n) is 7.10. The first-order chi connectivity index (χ1) is 11.2. The minimum Gasteiger partial charge on any atom is -0.384 e. The van der Waals surface area contributed by atoms with Gasteiger partial charge < -0.3 is 15.4 Å². The van der Waals surface area contributed by atoms with Crippen LogP contribution in [-0.4, -0.2) is 20.6 Å². The van der Waals surface area contributed by atoms with Crippen LogP contribution in [0.5, 0.6) is 0 Å². The summed E-state index contributed by atoms with van der Waals surface area (Å²) in [4.78, 5) is 16.3. The third-order valence-electron chi connectivity index (χ3n) is 4.98. The third-order valence-corrected chi connectivity index (χ3v) is 5.58. The van der Waals surface area contributed by atoms with Crippen LogP contribution in [0.25, 0.3) is 11.4 Å². The maximum Gasteiger partial charge on any atom is 0.269 e. The predicted molar refractivity (Wildman–Crippen MR) is 90.1 cm³/mol. The fourth-order valence-electron chi connectivity index (χ4n) is 3.88. The third kappa shape index (κ3) is 2.07. The van der Waals surface area contributed by atoms with Gasteiger partial charge in [0.05, 0.1) is 10.2 Å². The number of halogens is 2. The Bertz CT molecular complexity index is 879. The summed E-state index contributed by atoms with van der Waals surface area (Å²) >= 11 is 3.23. The van der Waals surface area contributed by atoms with Crippen molar-refractivity contribution in [3.63, 3.8) is 0 Å². The molecule has 3 heterocycles. The van der Waals surface area contributed by atoms with E-state index in [4.69, 9.17) is 5.73 Å². The highest BCUT2D eigenvalue weighted by Gasteiger charge is 2.43. The normalized spacial score (nSPS) is 21.5. The molecule has 1 aromatic heterocycles. The summed E-state index contributed by atoms with van der Waals surface area (Å²) in [5.74, 6) is -0.149. The number of hydrogen-bond donors (Lipinski definition) is 2. The van der Waals surface area contributed by atoms with Gasteiger partial charge in [-0.25, -0.2) is 9.37 Å². The van der Waals surface area contributed by atoms with E-state index in [0.717, 1.165) is 24.0 Å². The maximum atomic E-state index is 14.0. The summed E-state index contributed by atoms with van der Waals surface area (Å²) in [5.41, 5.74) is 6.43. The van der Waals surface area contributed by atoms with Gasteiger partial charge >= 0.3 is 0 Å². The number of hydrogen-bond acceptors (Lipinski definition) is 3. The molecule has 0 unspecified atom stereocenters. The monoisotopic (exact) mass is 393 g/mol. The van der Waals surface area contributed by atoms with E-state index in [0.29, 0.717) is 16.0 Å². The zero-order valence-corrected chi connectivity index (χ0v) is 14.9. The van der Waals surface area contributed by atoms with Gasteiger partial charge in [-0.05, 0) is 66.2 Å². The van der Waals surface area contributed by atoms with Crippen molar-refractivity contribution in [1.82, 2.24) is 9.55 Å². The Balaban J connectivity index is 2.08.